The monoisotopic (exact) mass is 346 g/mol. The Hall–Kier alpha value is -3.47. The lowest BCUT2D eigenvalue weighted by Crippen LogP contribution is -2.05. The van der Waals surface area contributed by atoms with E-state index in [0.29, 0.717) is 12.2 Å². The predicted octanol–water partition coefficient (Wildman–Crippen LogP) is 3.84. The van der Waals surface area contributed by atoms with Gasteiger partial charge >= 0.3 is 5.97 Å². The van der Waals surface area contributed by atoms with Crippen LogP contribution in [0, 0.1) is 0 Å². The summed E-state index contributed by atoms with van der Waals surface area (Å²) in [5.74, 6) is -0.362. The molecule has 26 heavy (non-hydrogen) atoms. The molecule has 2 aromatic carbocycles. The molecule has 0 atom stereocenters. The molecule has 1 heterocycles. The first kappa shape index (κ1) is 17.4. The van der Waals surface area contributed by atoms with Gasteiger partial charge < -0.3 is 9.57 Å². The molecule has 3 rings (SSSR count). The summed E-state index contributed by atoms with van der Waals surface area (Å²) in [4.78, 5) is 21.1. The summed E-state index contributed by atoms with van der Waals surface area (Å²) in [7, 11) is 1.36. The lowest BCUT2D eigenvalue weighted by molar-refractivity contribution is 0.0600. The van der Waals surface area contributed by atoms with Crippen LogP contribution in [0.25, 0.3) is 0 Å². The Morgan fingerprint density at radius 2 is 1.54 bits per heavy atom. The van der Waals surface area contributed by atoms with Gasteiger partial charge in [0.15, 0.2) is 0 Å². The number of nitrogens with zero attached hydrogens (tertiary/aromatic N) is 2. The molecule has 0 saturated carbocycles. The molecule has 0 radical (unpaired) electrons. The number of oxime groups is 1. The Morgan fingerprint density at radius 1 is 0.885 bits per heavy atom. The van der Waals surface area contributed by atoms with Gasteiger partial charge in [-0.3, -0.25) is 4.98 Å². The van der Waals surface area contributed by atoms with Gasteiger partial charge in [-0.15, -0.1) is 0 Å². The van der Waals surface area contributed by atoms with Gasteiger partial charge in [-0.05, 0) is 29.8 Å². The fourth-order valence-corrected chi connectivity index (χ4v) is 2.40. The highest BCUT2D eigenvalue weighted by atomic mass is 16.6. The molecule has 0 aliphatic heterocycles. The van der Waals surface area contributed by atoms with Crippen molar-refractivity contribution in [2.45, 2.75) is 6.61 Å². The zero-order valence-electron chi connectivity index (χ0n) is 14.3. The van der Waals surface area contributed by atoms with E-state index in [1.807, 2.05) is 54.6 Å². The fraction of sp³-hybridized carbons (Fsp3) is 0.0952. The number of esters is 1. The molecule has 0 spiro atoms. The Labute approximate surface area is 151 Å². The van der Waals surface area contributed by atoms with Gasteiger partial charge in [-0.25, -0.2) is 4.79 Å². The Bertz CT molecular complexity index is 835. The number of methoxy groups -OCH3 is 1. The summed E-state index contributed by atoms with van der Waals surface area (Å²) in [6.45, 7) is 0.295. The van der Waals surface area contributed by atoms with Crippen LogP contribution in [0.1, 0.15) is 27.0 Å². The second kappa shape index (κ2) is 8.58. The quantitative estimate of drug-likeness (QED) is 0.386. The molecule has 1 aromatic heterocycles. The van der Waals surface area contributed by atoms with Crippen molar-refractivity contribution in [1.29, 1.82) is 0 Å². The standard InChI is InChI=1S/C21H18N2O3/c1-25-21(24)19-9-7-16(8-10-19)15-26-23-20(17-5-3-2-4-6-17)18-11-13-22-14-12-18/h2-14H,15H2,1H3/b23-20+. The first-order valence-electron chi connectivity index (χ1n) is 8.11. The molecule has 0 unspecified atom stereocenters. The van der Waals surface area contributed by atoms with E-state index in [4.69, 9.17) is 4.84 Å². The van der Waals surface area contributed by atoms with Gasteiger partial charge in [-0.2, -0.15) is 0 Å². The van der Waals surface area contributed by atoms with Crippen molar-refractivity contribution in [3.8, 4) is 0 Å². The lowest BCUT2D eigenvalue weighted by Gasteiger charge is -2.08. The summed E-state index contributed by atoms with van der Waals surface area (Å²) in [6.07, 6.45) is 3.44. The molecule has 0 amide bonds. The molecule has 0 fully saturated rings. The minimum Gasteiger partial charge on any atom is -0.465 e. The zero-order chi connectivity index (χ0) is 18.2. The second-order valence-corrected chi connectivity index (χ2v) is 5.50. The fourth-order valence-electron chi connectivity index (χ4n) is 2.40. The largest absolute Gasteiger partial charge is 0.465 e. The van der Waals surface area contributed by atoms with Crippen molar-refractivity contribution in [3.63, 3.8) is 0 Å². The van der Waals surface area contributed by atoms with Crippen molar-refractivity contribution in [3.05, 3.63) is 101 Å². The van der Waals surface area contributed by atoms with Gasteiger partial charge in [-0.1, -0.05) is 47.6 Å². The average molecular weight is 346 g/mol. The van der Waals surface area contributed by atoms with E-state index in [1.54, 1.807) is 24.5 Å². The van der Waals surface area contributed by atoms with Crippen molar-refractivity contribution in [2.24, 2.45) is 5.16 Å². The molecule has 0 aliphatic carbocycles. The maximum atomic E-state index is 11.5. The summed E-state index contributed by atoms with van der Waals surface area (Å²) >= 11 is 0. The third-order valence-electron chi connectivity index (χ3n) is 3.76. The first-order valence-corrected chi connectivity index (χ1v) is 8.11. The number of carbonyl (C=O) groups excluding carboxylic acids is 1. The number of ether oxygens (including phenoxy) is 1. The van der Waals surface area contributed by atoms with Gasteiger partial charge in [0, 0.05) is 23.5 Å². The highest BCUT2D eigenvalue weighted by Gasteiger charge is 2.08. The SMILES string of the molecule is COC(=O)c1ccc(CO/N=C(\c2ccccc2)c2ccncc2)cc1. The molecule has 3 aromatic rings. The molecular formula is C21H18N2O3. The number of hydrogen-bond donors (Lipinski definition) is 0. The average Bonchev–Trinajstić information content (AvgIpc) is 2.72. The van der Waals surface area contributed by atoms with Crippen LogP contribution in [0.3, 0.4) is 0 Å². The Kier molecular flexibility index (Phi) is 5.72. The van der Waals surface area contributed by atoms with Crippen LogP contribution in [0.2, 0.25) is 0 Å². The third-order valence-corrected chi connectivity index (χ3v) is 3.76. The van der Waals surface area contributed by atoms with E-state index in [0.717, 1.165) is 22.4 Å². The maximum Gasteiger partial charge on any atom is 0.337 e. The van der Waals surface area contributed by atoms with Gasteiger partial charge in [0.25, 0.3) is 0 Å². The van der Waals surface area contributed by atoms with E-state index >= 15 is 0 Å². The molecule has 0 N–H and O–H groups in total. The van der Waals surface area contributed by atoms with Crippen LogP contribution >= 0.6 is 0 Å². The zero-order valence-corrected chi connectivity index (χ0v) is 14.3. The second-order valence-electron chi connectivity index (χ2n) is 5.50. The summed E-state index contributed by atoms with van der Waals surface area (Å²) in [5, 5.41) is 4.33. The van der Waals surface area contributed by atoms with Crippen molar-refractivity contribution in [2.75, 3.05) is 7.11 Å². The van der Waals surface area contributed by atoms with Crippen LogP contribution in [0.4, 0.5) is 0 Å². The normalized spacial score (nSPS) is 11.0. The highest BCUT2D eigenvalue weighted by molar-refractivity contribution is 6.12. The Morgan fingerprint density at radius 3 is 2.19 bits per heavy atom. The van der Waals surface area contributed by atoms with Crippen molar-refractivity contribution >= 4 is 11.7 Å². The van der Waals surface area contributed by atoms with E-state index in [2.05, 4.69) is 14.9 Å². The maximum absolute atomic E-state index is 11.5. The topological polar surface area (TPSA) is 60.8 Å². The van der Waals surface area contributed by atoms with E-state index in [9.17, 15) is 4.79 Å². The Balaban J connectivity index is 1.76. The third kappa shape index (κ3) is 4.33. The van der Waals surface area contributed by atoms with E-state index < -0.39 is 0 Å². The summed E-state index contributed by atoms with van der Waals surface area (Å²) in [6, 6.07) is 20.6. The van der Waals surface area contributed by atoms with Crippen LogP contribution in [0.15, 0.2) is 84.3 Å². The van der Waals surface area contributed by atoms with Crippen LogP contribution in [0.5, 0.6) is 0 Å². The number of hydrogen-bond acceptors (Lipinski definition) is 5. The molecular weight excluding hydrogens is 328 g/mol. The molecule has 0 bridgehead atoms. The van der Waals surface area contributed by atoms with Crippen LogP contribution in [-0.4, -0.2) is 23.8 Å². The van der Waals surface area contributed by atoms with Gasteiger partial charge in [0.1, 0.15) is 12.3 Å². The molecule has 5 heteroatoms. The van der Waals surface area contributed by atoms with Crippen LogP contribution < -0.4 is 0 Å². The highest BCUT2D eigenvalue weighted by Crippen LogP contribution is 2.12. The van der Waals surface area contributed by atoms with Gasteiger partial charge in [0.2, 0.25) is 0 Å². The number of benzene rings is 2. The smallest absolute Gasteiger partial charge is 0.337 e. The molecule has 0 aliphatic rings. The van der Waals surface area contributed by atoms with Crippen LogP contribution in [-0.2, 0) is 16.2 Å². The lowest BCUT2D eigenvalue weighted by atomic mass is 10.0. The van der Waals surface area contributed by atoms with Gasteiger partial charge in [0.05, 0.1) is 12.7 Å². The predicted molar refractivity (Wildman–Crippen MR) is 98.9 cm³/mol. The minimum absolute atomic E-state index is 0.295. The first-order chi connectivity index (χ1) is 12.8. The molecule has 5 nitrogen and oxygen atoms in total. The number of carbonyl (C=O) groups is 1. The summed E-state index contributed by atoms with van der Waals surface area (Å²) in [5.41, 5.74) is 4.02. The number of pyridine rings is 1. The van der Waals surface area contributed by atoms with E-state index in [-0.39, 0.29) is 5.97 Å². The van der Waals surface area contributed by atoms with E-state index in [1.165, 1.54) is 7.11 Å². The molecule has 130 valence electrons. The minimum atomic E-state index is -0.362. The summed E-state index contributed by atoms with van der Waals surface area (Å²) < 4.78 is 4.69. The number of rotatable bonds is 6. The van der Waals surface area contributed by atoms with Crippen molar-refractivity contribution in [1.82, 2.24) is 4.98 Å². The van der Waals surface area contributed by atoms with Crippen molar-refractivity contribution < 1.29 is 14.4 Å². The molecule has 0 saturated heterocycles. The number of aromatic nitrogens is 1.